The van der Waals surface area contributed by atoms with Crippen LogP contribution < -0.4 is 49.8 Å². The number of fused-ring (bicyclic) bond motifs is 1. The zero-order valence-electron chi connectivity index (χ0n) is 23.6. The van der Waals surface area contributed by atoms with Crippen LogP contribution >= 0.6 is 0 Å². The molecule has 2 heterocycles. The second-order valence-corrected chi connectivity index (χ2v) is 9.55. The van der Waals surface area contributed by atoms with Crippen molar-refractivity contribution < 1.29 is 34.5 Å². The maximum absolute atomic E-state index is 12.3. The van der Waals surface area contributed by atoms with Crippen LogP contribution in [0, 0.1) is 0 Å². The number of rotatable bonds is 14. The quantitative estimate of drug-likeness (QED) is 0.0628. The van der Waals surface area contributed by atoms with Crippen LogP contribution in [0.5, 0.6) is 0 Å². The van der Waals surface area contributed by atoms with Crippen LogP contribution in [0.2, 0.25) is 0 Å². The largest absolute Gasteiger partial charge is 0.481 e. The lowest BCUT2D eigenvalue weighted by molar-refractivity contribution is -0.141. The molecule has 2 aromatic rings. The number of nitrogens with one attached hydrogen (secondary N) is 5. The van der Waals surface area contributed by atoms with Gasteiger partial charge in [0.05, 0.1) is 6.04 Å². The first-order valence-electron chi connectivity index (χ1n) is 13.3. The van der Waals surface area contributed by atoms with E-state index in [9.17, 15) is 24.0 Å². The molecule has 1 amide bonds. The number of hydrogen-bond donors (Lipinski definition) is 12. The SMILES string of the molecule is NC(N)=NCCCC(N)C(=O)O.Nc1nc2c(c(=O)[nH]1)NC(CNc1ccc(C(=O)N[C@@H](CCC(=O)O)C(=O)O)cc1)CN2. The fraction of sp³-hybridized carbons (Fsp3) is 0.400. The van der Waals surface area contributed by atoms with Crippen LogP contribution in [0.3, 0.4) is 0 Å². The summed E-state index contributed by atoms with van der Waals surface area (Å²) in [6.07, 6.45) is 0.369. The molecule has 1 aliphatic heterocycles. The van der Waals surface area contributed by atoms with Crippen molar-refractivity contribution in [1.29, 1.82) is 0 Å². The van der Waals surface area contributed by atoms with Gasteiger partial charge in [-0.15, -0.1) is 0 Å². The van der Waals surface area contributed by atoms with Crippen LogP contribution in [0.25, 0.3) is 0 Å². The Morgan fingerprint density at radius 1 is 1.07 bits per heavy atom. The zero-order chi connectivity index (χ0) is 32.8. The third-order valence-electron chi connectivity index (χ3n) is 6.04. The van der Waals surface area contributed by atoms with E-state index in [-0.39, 0.29) is 41.9 Å². The Bertz CT molecular complexity index is 1390. The van der Waals surface area contributed by atoms with Gasteiger partial charge in [0.2, 0.25) is 5.95 Å². The summed E-state index contributed by atoms with van der Waals surface area (Å²) in [7, 11) is 0. The number of carbonyl (C=O) groups excluding carboxylic acids is 1. The van der Waals surface area contributed by atoms with E-state index >= 15 is 0 Å². The van der Waals surface area contributed by atoms with E-state index in [4.69, 9.17) is 38.3 Å². The second-order valence-electron chi connectivity index (χ2n) is 9.55. The van der Waals surface area contributed by atoms with Gasteiger partial charge in [-0.2, -0.15) is 4.98 Å². The van der Waals surface area contributed by atoms with Crippen molar-refractivity contribution in [1.82, 2.24) is 15.3 Å². The van der Waals surface area contributed by atoms with Crippen LogP contribution in [0.4, 0.5) is 23.1 Å². The predicted molar refractivity (Wildman–Crippen MR) is 161 cm³/mol. The molecule has 19 heteroatoms. The van der Waals surface area contributed by atoms with Crippen molar-refractivity contribution in [2.75, 3.05) is 41.3 Å². The summed E-state index contributed by atoms with van der Waals surface area (Å²) in [6.45, 7) is 1.38. The first-order chi connectivity index (χ1) is 20.8. The van der Waals surface area contributed by atoms with Gasteiger partial charge in [0.25, 0.3) is 11.5 Å². The molecule has 0 fully saturated rings. The van der Waals surface area contributed by atoms with Crippen LogP contribution in [0.15, 0.2) is 34.1 Å². The Morgan fingerprint density at radius 2 is 1.75 bits per heavy atom. The van der Waals surface area contributed by atoms with Gasteiger partial charge < -0.3 is 59.5 Å². The lowest BCUT2D eigenvalue weighted by Gasteiger charge is -2.27. The topological polar surface area (TPSA) is 339 Å². The molecule has 0 spiro atoms. The van der Waals surface area contributed by atoms with Crippen molar-refractivity contribution in [2.45, 2.75) is 43.8 Å². The van der Waals surface area contributed by atoms with Crippen molar-refractivity contribution in [2.24, 2.45) is 22.2 Å². The smallest absolute Gasteiger partial charge is 0.326 e. The molecule has 0 saturated carbocycles. The molecular weight excluding hydrogens is 582 g/mol. The number of nitrogens with zero attached hydrogens (tertiary/aromatic N) is 2. The summed E-state index contributed by atoms with van der Waals surface area (Å²) < 4.78 is 0. The molecule has 1 aliphatic rings. The zero-order valence-corrected chi connectivity index (χ0v) is 23.6. The number of guanidine groups is 1. The lowest BCUT2D eigenvalue weighted by atomic mass is 10.1. The number of carbonyl (C=O) groups is 4. The number of benzene rings is 1. The summed E-state index contributed by atoms with van der Waals surface area (Å²) in [4.78, 5) is 66.5. The van der Waals surface area contributed by atoms with E-state index in [1.807, 2.05) is 0 Å². The van der Waals surface area contributed by atoms with Gasteiger partial charge >= 0.3 is 17.9 Å². The number of nitrogen functional groups attached to an aromatic ring is 1. The van der Waals surface area contributed by atoms with Crippen LogP contribution in [0.1, 0.15) is 36.0 Å². The Hall–Kier alpha value is -5.59. The van der Waals surface area contributed by atoms with E-state index in [0.717, 1.165) is 0 Å². The van der Waals surface area contributed by atoms with Crippen molar-refractivity contribution in [3.63, 3.8) is 0 Å². The number of H-pyrrole nitrogens is 1. The number of aliphatic carboxylic acids is 3. The molecule has 16 N–H and O–H groups in total. The Balaban J connectivity index is 0.000000477. The predicted octanol–water partition coefficient (Wildman–Crippen LogP) is -1.83. The van der Waals surface area contributed by atoms with Gasteiger partial charge in [-0.25, -0.2) is 4.79 Å². The van der Waals surface area contributed by atoms with Gasteiger partial charge in [0.15, 0.2) is 11.8 Å². The molecule has 19 nitrogen and oxygen atoms in total. The molecule has 3 atom stereocenters. The van der Waals surface area contributed by atoms with Gasteiger partial charge in [-0.3, -0.25) is 29.2 Å². The number of hydrogen-bond acceptors (Lipinski definition) is 12. The first-order valence-corrected chi connectivity index (χ1v) is 13.3. The van der Waals surface area contributed by atoms with E-state index < -0.39 is 35.9 Å². The fourth-order valence-corrected chi connectivity index (χ4v) is 3.74. The number of carboxylic acid groups (broad SMARTS) is 3. The molecule has 0 saturated heterocycles. The van der Waals surface area contributed by atoms with Gasteiger partial charge in [-0.05, 0) is 43.5 Å². The second kappa shape index (κ2) is 16.8. The number of aromatic nitrogens is 2. The maximum atomic E-state index is 12.3. The van der Waals surface area contributed by atoms with Gasteiger partial charge in [0, 0.05) is 37.3 Å². The normalized spacial score (nSPS) is 14.5. The highest BCUT2D eigenvalue weighted by Gasteiger charge is 2.23. The third-order valence-corrected chi connectivity index (χ3v) is 6.04. The summed E-state index contributed by atoms with van der Waals surface area (Å²) in [5.74, 6) is -3.63. The minimum absolute atomic E-state index is 0.0129. The summed E-state index contributed by atoms with van der Waals surface area (Å²) in [5, 5.41) is 37.9. The van der Waals surface area contributed by atoms with E-state index in [2.05, 4.69) is 36.2 Å². The molecule has 1 aromatic carbocycles. The number of nitrogens with two attached hydrogens (primary N) is 4. The van der Waals surface area contributed by atoms with Gasteiger partial charge in [-0.1, -0.05) is 0 Å². The molecule has 240 valence electrons. The lowest BCUT2D eigenvalue weighted by Crippen LogP contribution is -2.41. The molecule has 3 rings (SSSR count). The van der Waals surface area contributed by atoms with E-state index in [1.54, 1.807) is 12.1 Å². The Morgan fingerprint density at radius 3 is 2.34 bits per heavy atom. The summed E-state index contributed by atoms with van der Waals surface area (Å²) >= 11 is 0. The minimum atomic E-state index is -1.30. The number of carboxylic acids is 3. The average molecular weight is 620 g/mol. The van der Waals surface area contributed by atoms with Gasteiger partial charge in [0.1, 0.15) is 17.8 Å². The summed E-state index contributed by atoms with van der Waals surface area (Å²) in [6, 6.07) is 4.11. The van der Waals surface area contributed by atoms with E-state index in [0.29, 0.717) is 49.7 Å². The molecule has 0 bridgehead atoms. The number of anilines is 4. The standard InChI is InChI=1S/C19H23N7O6.C6H14N4O2/c20-19-25-15-14(17(30)26-19)23-11(8-22-15)7-21-10-3-1-9(2-4-10)16(29)24-12(18(31)32)5-6-13(27)28;7-4(5(11)12)2-1-3-10-6(8)9/h1-4,11-12,21,23H,5-8H2,(H,24,29)(H,27,28)(H,31,32)(H4,20,22,25,26,30);4H,1-3,7H2,(H,11,12)(H4,8,9,10)/t11?,12-;/m0./s1. The average Bonchev–Trinajstić information content (AvgIpc) is 2.96. The number of aromatic amines is 1. The molecule has 1 aromatic heterocycles. The molecular formula is C25H37N11O8. The molecule has 0 radical (unpaired) electrons. The minimum Gasteiger partial charge on any atom is -0.481 e. The van der Waals surface area contributed by atoms with Crippen molar-refractivity contribution in [3.05, 3.63) is 40.2 Å². The number of aliphatic imine (C=N–C) groups is 1. The van der Waals surface area contributed by atoms with Crippen molar-refractivity contribution in [3.8, 4) is 0 Å². The highest BCUT2D eigenvalue weighted by atomic mass is 16.4. The van der Waals surface area contributed by atoms with Crippen LogP contribution in [-0.4, -0.2) is 92.8 Å². The Labute approximate surface area is 250 Å². The molecule has 44 heavy (non-hydrogen) atoms. The highest BCUT2D eigenvalue weighted by Crippen LogP contribution is 2.20. The third kappa shape index (κ3) is 11.7. The van der Waals surface area contributed by atoms with E-state index in [1.165, 1.54) is 12.1 Å². The first kappa shape index (κ1) is 34.6. The Kier molecular flexibility index (Phi) is 13.2. The highest BCUT2D eigenvalue weighted by molar-refractivity contribution is 5.97. The fourth-order valence-electron chi connectivity index (χ4n) is 3.74. The van der Waals surface area contributed by atoms with Crippen LogP contribution in [-0.2, 0) is 14.4 Å². The number of amides is 1. The molecule has 0 aliphatic carbocycles. The maximum Gasteiger partial charge on any atom is 0.326 e. The monoisotopic (exact) mass is 619 g/mol. The molecule has 2 unspecified atom stereocenters. The summed E-state index contributed by atoms with van der Waals surface area (Å²) in [5.41, 5.74) is 21.7. The van der Waals surface area contributed by atoms with Crippen molar-refractivity contribution >= 4 is 52.9 Å².